The fourth-order valence-electron chi connectivity index (χ4n) is 2.12. The van der Waals surface area contributed by atoms with E-state index < -0.39 is 29.9 Å². The van der Waals surface area contributed by atoms with Crippen molar-refractivity contribution < 1.29 is 19.1 Å². The molecule has 2 atom stereocenters. The molecule has 0 radical (unpaired) electrons. The van der Waals surface area contributed by atoms with E-state index in [1.165, 1.54) is 0 Å². The zero-order chi connectivity index (χ0) is 16.7. The molecule has 0 aromatic heterocycles. The number of imide groups is 1. The minimum atomic E-state index is -1.06. The Bertz CT molecular complexity index is 528. The fraction of sp³-hybridized carbons (Fsp3) is 0.438. The molecule has 6 heteroatoms. The average molecular weight is 306 g/mol. The lowest BCUT2D eigenvalue weighted by molar-refractivity contribution is -0.159. The standard InChI is InChI=1S/C16H22N2O4/c1-4-12(11-8-6-5-7-9-11)15(20)22-13(10(2)3)14(19)18-16(17)21/h5-10,12-13H,4H2,1-3H3,(H3,17,18,19,21)/t12-,13-/m1/s1. The number of urea groups is 1. The molecule has 0 saturated heterocycles. The monoisotopic (exact) mass is 306 g/mol. The highest BCUT2D eigenvalue weighted by Crippen LogP contribution is 2.22. The number of carbonyl (C=O) groups is 3. The van der Waals surface area contributed by atoms with Gasteiger partial charge in [0.2, 0.25) is 0 Å². The van der Waals surface area contributed by atoms with Crippen LogP contribution in [0, 0.1) is 5.92 Å². The smallest absolute Gasteiger partial charge is 0.318 e. The van der Waals surface area contributed by atoms with Crippen molar-refractivity contribution in [1.82, 2.24) is 5.32 Å². The number of esters is 1. The molecule has 0 aliphatic carbocycles. The molecule has 0 spiro atoms. The van der Waals surface area contributed by atoms with E-state index in [-0.39, 0.29) is 5.92 Å². The Hall–Kier alpha value is -2.37. The average Bonchev–Trinajstić information content (AvgIpc) is 2.45. The van der Waals surface area contributed by atoms with Crippen LogP contribution in [0.3, 0.4) is 0 Å². The van der Waals surface area contributed by atoms with E-state index in [1.807, 2.05) is 42.6 Å². The van der Waals surface area contributed by atoms with Crippen molar-refractivity contribution in [2.24, 2.45) is 11.7 Å². The van der Waals surface area contributed by atoms with Gasteiger partial charge in [0, 0.05) is 0 Å². The minimum absolute atomic E-state index is 0.281. The maximum Gasteiger partial charge on any atom is 0.318 e. The Morgan fingerprint density at radius 3 is 2.23 bits per heavy atom. The predicted molar refractivity (Wildman–Crippen MR) is 81.9 cm³/mol. The molecule has 0 unspecified atom stereocenters. The van der Waals surface area contributed by atoms with Gasteiger partial charge in [-0.15, -0.1) is 0 Å². The Labute approximate surface area is 130 Å². The summed E-state index contributed by atoms with van der Waals surface area (Å²) in [7, 11) is 0. The van der Waals surface area contributed by atoms with Crippen molar-refractivity contribution in [3.05, 3.63) is 35.9 Å². The highest BCUT2D eigenvalue weighted by atomic mass is 16.5. The summed E-state index contributed by atoms with van der Waals surface area (Å²) in [4.78, 5) is 35.0. The molecular formula is C16H22N2O4. The lowest BCUT2D eigenvalue weighted by Gasteiger charge is -2.23. The lowest BCUT2D eigenvalue weighted by Crippen LogP contribution is -2.46. The van der Waals surface area contributed by atoms with Gasteiger partial charge in [0.1, 0.15) is 0 Å². The van der Waals surface area contributed by atoms with Gasteiger partial charge >= 0.3 is 12.0 Å². The summed E-state index contributed by atoms with van der Waals surface area (Å²) < 4.78 is 5.32. The maximum absolute atomic E-state index is 12.4. The molecule has 1 rings (SSSR count). The molecule has 6 nitrogen and oxygen atoms in total. The number of carbonyl (C=O) groups excluding carboxylic acids is 3. The van der Waals surface area contributed by atoms with Gasteiger partial charge in [-0.1, -0.05) is 51.1 Å². The number of amides is 3. The first-order valence-electron chi connectivity index (χ1n) is 7.22. The van der Waals surface area contributed by atoms with Gasteiger partial charge in [0.15, 0.2) is 6.10 Å². The predicted octanol–water partition coefficient (Wildman–Crippen LogP) is 1.94. The summed E-state index contributed by atoms with van der Waals surface area (Å²) in [6, 6.07) is 8.24. The Morgan fingerprint density at radius 1 is 1.18 bits per heavy atom. The number of rotatable bonds is 6. The zero-order valence-corrected chi connectivity index (χ0v) is 13.0. The van der Waals surface area contributed by atoms with Gasteiger partial charge in [-0.3, -0.25) is 14.9 Å². The molecule has 0 heterocycles. The molecule has 1 aromatic rings. The van der Waals surface area contributed by atoms with Crippen LogP contribution in [-0.4, -0.2) is 24.0 Å². The summed E-state index contributed by atoms with van der Waals surface area (Å²) in [5.74, 6) is -1.94. The Balaban J connectivity index is 2.86. The van der Waals surface area contributed by atoms with Crippen molar-refractivity contribution in [3.63, 3.8) is 0 Å². The second-order valence-corrected chi connectivity index (χ2v) is 5.33. The van der Waals surface area contributed by atoms with Crippen LogP contribution in [0.2, 0.25) is 0 Å². The SMILES string of the molecule is CC[C@@H](C(=O)O[C@@H](C(=O)NC(N)=O)C(C)C)c1ccccc1. The quantitative estimate of drug-likeness (QED) is 0.785. The first-order chi connectivity index (χ1) is 10.4. The number of hydrogen-bond donors (Lipinski definition) is 2. The molecule has 0 aliphatic heterocycles. The van der Waals surface area contributed by atoms with Crippen molar-refractivity contribution >= 4 is 17.9 Å². The molecule has 0 aliphatic rings. The van der Waals surface area contributed by atoms with Crippen molar-refractivity contribution in [2.45, 2.75) is 39.2 Å². The summed E-state index contributed by atoms with van der Waals surface area (Å²) in [6.07, 6.45) is -0.511. The van der Waals surface area contributed by atoms with E-state index in [1.54, 1.807) is 13.8 Å². The van der Waals surface area contributed by atoms with E-state index in [2.05, 4.69) is 0 Å². The van der Waals surface area contributed by atoms with Crippen molar-refractivity contribution in [3.8, 4) is 0 Å². The molecule has 0 bridgehead atoms. The highest BCUT2D eigenvalue weighted by molar-refractivity contribution is 5.97. The van der Waals surface area contributed by atoms with Crippen molar-refractivity contribution in [1.29, 1.82) is 0 Å². The number of hydrogen-bond acceptors (Lipinski definition) is 4. The number of nitrogens with two attached hydrogens (primary N) is 1. The van der Waals surface area contributed by atoms with Gasteiger partial charge < -0.3 is 10.5 Å². The summed E-state index contributed by atoms with van der Waals surface area (Å²) in [5.41, 5.74) is 5.75. The second kappa shape index (κ2) is 8.17. The molecule has 0 saturated carbocycles. The zero-order valence-electron chi connectivity index (χ0n) is 13.0. The lowest BCUT2D eigenvalue weighted by atomic mass is 9.96. The van der Waals surface area contributed by atoms with E-state index in [9.17, 15) is 14.4 Å². The topological polar surface area (TPSA) is 98.5 Å². The number of ether oxygens (including phenoxy) is 1. The number of benzene rings is 1. The Kier molecular flexibility index (Phi) is 6.56. The largest absolute Gasteiger partial charge is 0.451 e. The van der Waals surface area contributed by atoms with E-state index in [0.29, 0.717) is 6.42 Å². The van der Waals surface area contributed by atoms with Crippen LogP contribution in [-0.2, 0) is 14.3 Å². The number of primary amides is 1. The third kappa shape index (κ3) is 4.87. The van der Waals surface area contributed by atoms with E-state index in [0.717, 1.165) is 5.56 Å². The van der Waals surface area contributed by atoms with Crippen molar-refractivity contribution in [2.75, 3.05) is 0 Å². The number of nitrogens with one attached hydrogen (secondary N) is 1. The minimum Gasteiger partial charge on any atom is -0.451 e. The maximum atomic E-state index is 12.4. The van der Waals surface area contributed by atoms with Gasteiger partial charge in [-0.25, -0.2) is 4.79 Å². The van der Waals surface area contributed by atoms with Crippen LogP contribution in [0.15, 0.2) is 30.3 Å². The Morgan fingerprint density at radius 2 is 1.77 bits per heavy atom. The molecule has 3 N–H and O–H groups in total. The molecule has 1 aromatic carbocycles. The van der Waals surface area contributed by atoms with Crippen LogP contribution in [0.4, 0.5) is 4.79 Å². The fourth-order valence-corrected chi connectivity index (χ4v) is 2.12. The van der Waals surface area contributed by atoms with E-state index >= 15 is 0 Å². The normalized spacial score (nSPS) is 13.3. The van der Waals surface area contributed by atoms with E-state index in [4.69, 9.17) is 10.5 Å². The van der Waals surface area contributed by atoms with Gasteiger partial charge in [0.05, 0.1) is 5.92 Å². The van der Waals surface area contributed by atoms with Crippen LogP contribution in [0.25, 0.3) is 0 Å². The summed E-state index contributed by atoms with van der Waals surface area (Å²) >= 11 is 0. The molecule has 120 valence electrons. The molecule has 22 heavy (non-hydrogen) atoms. The van der Waals surface area contributed by atoms with Crippen LogP contribution >= 0.6 is 0 Å². The molecular weight excluding hydrogens is 284 g/mol. The van der Waals surface area contributed by atoms with Crippen LogP contribution in [0.1, 0.15) is 38.7 Å². The second-order valence-electron chi connectivity index (χ2n) is 5.33. The molecule has 3 amide bonds. The summed E-state index contributed by atoms with van der Waals surface area (Å²) in [6.45, 7) is 5.32. The molecule has 0 fully saturated rings. The van der Waals surface area contributed by atoms with Gasteiger partial charge in [0.25, 0.3) is 5.91 Å². The van der Waals surface area contributed by atoms with Gasteiger partial charge in [-0.2, -0.15) is 0 Å². The third-order valence-corrected chi connectivity index (χ3v) is 3.25. The third-order valence-electron chi connectivity index (χ3n) is 3.25. The first kappa shape index (κ1) is 17.7. The van der Waals surface area contributed by atoms with Crippen LogP contribution in [0.5, 0.6) is 0 Å². The van der Waals surface area contributed by atoms with Crippen LogP contribution < -0.4 is 11.1 Å². The first-order valence-corrected chi connectivity index (χ1v) is 7.22. The highest BCUT2D eigenvalue weighted by Gasteiger charge is 2.30. The van der Waals surface area contributed by atoms with Gasteiger partial charge in [-0.05, 0) is 17.9 Å². The summed E-state index contributed by atoms with van der Waals surface area (Å²) in [5, 5.41) is 1.95.